The highest BCUT2D eigenvalue weighted by Gasteiger charge is 2.57. The van der Waals surface area contributed by atoms with E-state index in [-0.39, 0.29) is 23.0 Å². The molecule has 6 rings (SSSR count). The van der Waals surface area contributed by atoms with Crippen LogP contribution in [0.15, 0.2) is 60.7 Å². The van der Waals surface area contributed by atoms with Gasteiger partial charge in [-0.3, -0.25) is 0 Å². The van der Waals surface area contributed by atoms with Gasteiger partial charge in [-0.05, 0) is 115 Å². The van der Waals surface area contributed by atoms with Gasteiger partial charge in [-0.15, -0.1) is 0 Å². The van der Waals surface area contributed by atoms with Gasteiger partial charge >= 0.3 is 5.97 Å². The Bertz CT molecular complexity index is 1470. The third-order valence-electron chi connectivity index (χ3n) is 10.6. The number of aromatic hydroxyl groups is 1. The first-order chi connectivity index (χ1) is 21.3. The lowest BCUT2D eigenvalue weighted by Crippen LogP contribution is -2.46. The summed E-state index contributed by atoms with van der Waals surface area (Å²) in [5, 5.41) is 25.9. The van der Waals surface area contributed by atoms with E-state index in [1.807, 2.05) is 0 Å². The molecule has 0 spiro atoms. The molecule has 0 saturated heterocycles. The Kier molecular flexibility index (Phi) is 8.88. The van der Waals surface area contributed by atoms with Gasteiger partial charge in [0, 0.05) is 24.2 Å². The molecule has 3 aliphatic rings. The zero-order valence-electron chi connectivity index (χ0n) is 26.1. The first-order valence-electron chi connectivity index (χ1n) is 16.2. The number of phenols is 1. The fraction of sp³-hybridized carbons (Fsp3) is 0.486. The van der Waals surface area contributed by atoms with Crippen LogP contribution in [-0.2, 0) is 13.0 Å². The molecule has 0 aliphatic heterocycles. The predicted octanol–water partition coefficient (Wildman–Crippen LogP) is 6.78. The Morgan fingerprint density at radius 2 is 1.80 bits per heavy atom. The summed E-state index contributed by atoms with van der Waals surface area (Å²) in [6, 6.07) is 18.3. The van der Waals surface area contributed by atoms with Crippen LogP contribution in [0.1, 0.15) is 85.3 Å². The monoisotopic (exact) mass is 599 g/mol. The zero-order chi connectivity index (χ0) is 30.8. The van der Waals surface area contributed by atoms with Gasteiger partial charge in [0.2, 0.25) is 0 Å². The average molecular weight is 600 g/mol. The second-order valence-corrected chi connectivity index (χ2v) is 13.1. The molecule has 0 bridgehead atoms. The van der Waals surface area contributed by atoms with Crippen molar-refractivity contribution in [2.45, 2.75) is 83.4 Å². The predicted molar refractivity (Wildman–Crippen MR) is 170 cm³/mol. The Morgan fingerprint density at radius 3 is 2.55 bits per heavy atom. The molecule has 7 heteroatoms. The van der Waals surface area contributed by atoms with Gasteiger partial charge in [-0.2, -0.15) is 0 Å². The number of aryl methyl sites for hydroxylation is 1. The number of hydrogen-bond acceptors (Lipinski definition) is 7. The van der Waals surface area contributed by atoms with E-state index >= 15 is 0 Å². The van der Waals surface area contributed by atoms with Crippen molar-refractivity contribution in [1.82, 2.24) is 5.32 Å². The smallest absolute Gasteiger partial charge is 0.343 e. The Hall–Kier alpha value is -3.55. The van der Waals surface area contributed by atoms with E-state index in [0.717, 1.165) is 56.4 Å². The first kappa shape index (κ1) is 30.5. The molecule has 0 aromatic heterocycles. The molecule has 0 radical (unpaired) electrons. The number of fused-ring (bicyclic) bond motifs is 5. The topological polar surface area (TPSA) is 97.3 Å². The summed E-state index contributed by atoms with van der Waals surface area (Å²) in [7, 11) is 1.72. The van der Waals surface area contributed by atoms with E-state index in [1.165, 1.54) is 17.2 Å². The summed E-state index contributed by atoms with van der Waals surface area (Å²) >= 11 is 0. The Labute approximate surface area is 260 Å². The van der Waals surface area contributed by atoms with Gasteiger partial charge < -0.3 is 29.7 Å². The lowest BCUT2D eigenvalue weighted by molar-refractivity contribution is -0.0281. The fourth-order valence-electron chi connectivity index (χ4n) is 8.09. The number of aliphatic hydroxyl groups is 1. The number of phenolic OH excluding ortho intramolecular Hbond substituents is 1. The molecule has 6 unspecified atom stereocenters. The lowest BCUT2D eigenvalue weighted by Gasteiger charge is -2.50. The van der Waals surface area contributed by atoms with Crippen LogP contribution in [0.25, 0.3) is 0 Å². The molecular formula is C37H45NO6. The largest absolute Gasteiger partial charge is 0.507 e. The van der Waals surface area contributed by atoms with Gasteiger partial charge in [0.25, 0.3) is 0 Å². The maximum Gasteiger partial charge on any atom is 0.343 e. The molecule has 234 valence electrons. The third-order valence-corrected chi connectivity index (χ3v) is 10.6. The molecule has 44 heavy (non-hydrogen) atoms. The average Bonchev–Trinajstić information content (AvgIpc) is 3.30. The molecule has 2 saturated carbocycles. The number of carbonyl (C=O) groups excluding carboxylic acids is 1. The number of methoxy groups -OCH3 is 1. The number of nitrogens with one attached hydrogen (secondary N) is 1. The third kappa shape index (κ3) is 5.92. The number of hydrogen-bond donors (Lipinski definition) is 3. The van der Waals surface area contributed by atoms with E-state index < -0.39 is 12.1 Å². The molecule has 3 N–H and O–H groups in total. The van der Waals surface area contributed by atoms with Crippen molar-refractivity contribution < 1.29 is 29.2 Å². The zero-order valence-corrected chi connectivity index (χ0v) is 26.1. The number of rotatable bonds is 10. The van der Waals surface area contributed by atoms with Crippen LogP contribution in [0.3, 0.4) is 0 Å². The molecule has 3 aliphatic carbocycles. The van der Waals surface area contributed by atoms with Crippen molar-refractivity contribution in [2.24, 2.45) is 17.3 Å². The highest BCUT2D eigenvalue weighted by molar-refractivity contribution is 5.91. The maximum atomic E-state index is 12.7. The minimum atomic E-state index is -0.497. The van der Waals surface area contributed by atoms with Crippen LogP contribution in [-0.4, -0.2) is 42.0 Å². The highest BCUT2D eigenvalue weighted by Crippen LogP contribution is 2.61. The van der Waals surface area contributed by atoms with Gasteiger partial charge in [0.05, 0.1) is 25.4 Å². The molecule has 3 aromatic carbocycles. The minimum Gasteiger partial charge on any atom is -0.507 e. The summed E-state index contributed by atoms with van der Waals surface area (Å²) in [4.78, 5) is 12.7. The van der Waals surface area contributed by atoms with Crippen molar-refractivity contribution in [1.29, 1.82) is 0 Å². The molecule has 2 fully saturated rings. The van der Waals surface area contributed by atoms with Crippen molar-refractivity contribution in [3.05, 3.63) is 82.9 Å². The van der Waals surface area contributed by atoms with Gasteiger partial charge in [0.1, 0.15) is 23.0 Å². The second-order valence-electron chi connectivity index (χ2n) is 13.1. The van der Waals surface area contributed by atoms with Crippen molar-refractivity contribution in [3.8, 4) is 23.0 Å². The SMILES string of the molecule is CCCCOc1ccc(C(=O)Oc2ccc(CNC3CC4C5CCc6cc(OC)ccc6C5CCC4(C)C3O)c(O)c2)cc1. The van der Waals surface area contributed by atoms with Crippen LogP contribution in [0.4, 0.5) is 0 Å². The quantitative estimate of drug-likeness (QED) is 0.134. The molecule has 0 amide bonds. The highest BCUT2D eigenvalue weighted by atomic mass is 16.5. The summed E-state index contributed by atoms with van der Waals surface area (Å²) in [6.07, 6.45) is 6.80. The molecule has 0 heterocycles. The van der Waals surface area contributed by atoms with E-state index in [2.05, 4.69) is 37.4 Å². The summed E-state index contributed by atoms with van der Waals surface area (Å²) in [5.74, 6) is 3.01. The molecule has 6 atom stereocenters. The van der Waals surface area contributed by atoms with Gasteiger partial charge in [-0.25, -0.2) is 4.79 Å². The Morgan fingerprint density at radius 1 is 1.02 bits per heavy atom. The number of unbranched alkanes of at least 4 members (excludes halogenated alkanes) is 1. The van der Waals surface area contributed by atoms with E-state index in [0.29, 0.717) is 42.0 Å². The number of carbonyl (C=O) groups is 1. The first-order valence-corrected chi connectivity index (χ1v) is 16.2. The van der Waals surface area contributed by atoms with Crippen molar-refractivity contribution in [3.63, 3.8) is 0 Å². The van der Waals surface area contributed by atoms with E-state index in [4.69, 9.17) is 14.2 Å². The van der Waals surface area contributed by atoms with Crippen LogP contribution in [0, 0.1) is 17.3 Å². The van der Waals surface area contributed by atoms with Crippen molar-refractivity contribution >= 4 is 5.97 Å². The van der Waals surface area contributed by atoms with Crippen LogP contribution >= 0.6 is 0 Å². The fourth-order valence-corrected chi connectivity index (χ4v) is 8.09. The molecule has 3 aromatic rings. The summed E-state index contributed by atoms with van der Waals surface area (Å²) in [5.41, 5.74) is 3.87. The number of esters is 1. The standard InChI is InChI=1S/C37H45NO6/c1-4-5-18-43-26-10-6-23(7-11-26)36(41)44-28-12-8-25(34(39)20-28)22-38-33-21-32-31-14-9-24-19-27(42-3)13-15-29(24)30(31)16-17-37(32,2)35(33)40/h6-8,10-13,15,19-20,30-33,35,38-40H,4-5,9,14,16-18,21-22H2,1-3H3. The van der Waals surface area contributed by atoms with E-state index in [9.17, 15) is 15.0 Å². The second kappa shape index (κ2) is 12.8. The maximum absolute atomic E-state index is 12.7. The van der Waals surface area contributed by atoms with Crippen molar-refractivity contribution in [2.75, 3.05) is 13.7 Å². The van der Waals surface area contributed by atoms with Crippen LogP contribution < -0.4 is 19.5 Å². The number of aliphatic hydroxyl groups excluding tert-OH is 1. The molecular weight excluding hydrogens is 554 g/mol. The number of benzene rings is 3. The summed E-state index contributed by atoms with van der Waals surface area (Å²) in [6.45, 7) is 5.45. The van der Waals surface area contributed by atoms with E-state index in [1.54, 1.807) is 43.5 Å². The molecule has 7 nitrogen and oxygen atoms in total. The number of ether oxygens (including phenoxy) is 3. The van der Waals surface area contributed by atoms with Gasteiger partial charge in [0.15, 0.2) is 0 Å². The minimum absolute atomic E-state index is 0.0492. The normalized spacial score (nSPS) is 27.1. The van der Waals surface area contributed by atoms with Gasteiger partial charge in [-0.1, -0.05) is 32.4 Å². The van der Waals surface area contributed by atoms with Crippen LogP contribution in [0.5, 0.6) is 23.0 Å². The Balaban J connectivity index is 1.06. The lowest BCUT2D eigenvalue weighted by atomic mass is 9.55. The summed E-state index contributed by atoms with van der Waals surface area (Å²) < 4.78 is 16.7. The van der Waals surface area contributed by atoms with Crippen LogP contribution in [0.2, 0.25) is 0 Å².